The quantitative estimate of drug-likeness (QED) is 0.559. The van der Waals surface area contributed by atoms with Gasteiger partial charge in [-0.05, 0) is 37.2 Å². The van der Waals surface area contributed by atoms with Crippen molar-refractivity contribution >= 4 is 35.2 Å². The molecule has 0 spiro atoms. The third-order valence-electron chi connectivity index (χ3n) is 4.45. The molecule has 0 bridgehead atoms. The zero-order chi connectivity index (χ0) is 21.0. The molecule has 0 unspecified atom stereocenters. The number of benzene rings is 1. The second kappa shape index (κ2) is 9.02. The number of carbonyl (C=O) groups is 2. The minimum Gasteiger partial charge on any atom is -0.505 e. The number of thioether (sulfide) groups is 1. The van der Waals surface area contributed by atoms with Gasteiger partial charge in [0.1, 0.15) is 5.75 Å². The second-order valence-corrected chi connectivity index (χ2v) is 7.56. The van der Waals surface area contributed by atoms with Crippen LogP contribution in [0.15, 0.2) is 40.4 Å². The van der Waals surface area contributed by atoms with Crippen LogP contribution in [-0.2, 0) is 11.4 Å². The molecule has 1 aliphatic rings. The Morgan fingerprint density at radius 2 is 1.93 bits per heavy atom. The van der Waals surface area contributed by atoms with Crippen molar-refractivity contribution in [3.8, 4) is 5.75 Å². The summed E-state index contributed by atoms with van der Waals surface area (Å²) in [4.78, 5) is 34.5. The molecule has 2 heterocycles. The Morgan fingerprint density at radius 3 is 2.62 bits per heavy atom. The van der Waals surface area contributed by atoms with Crippen molar-refractivity contribution in [2.24, 2.45) is 4.99 Å². The van der Waals surface area contributed by atoms with Gasteiger partial charge in [-0.25, -0.2) is 0 Å². The second-order valence-electron chi connectivity index (χ2n) is 6.57. The van der Waals surface area contributed by atoms with Crippen LogP contribution >= 0.6 is 11.8 Å². The Morgan fingerprint density at radius 1 is 1.21 bits per heavy atom. The summed E-state index contributed by atoms with van der Waals surface area (Å²) in [6, 6.07) is 7.69. The minimum atomic E-state index is -0.338. The Balaban J connectivity index is 1.66. The van der Waals surface area contributed by atoms with Crippen LogP contribution in [0, 0.1) is 13.8 Å². The SMILES string of the molecule is Cc1ccc(/C=C2\SC(=O)N(CCN=Cc3c(CO)cnc(C)c3O)C2=O)cc1. The van der Waals surface area contributed by atoms with Crippen molar-refractivity contribution in [1.82, 2.24) is 9.88 Å². The molecule has 2 aromatic rings. The highest BCUT2D eigenvalue weighted by atomic mass is 32.2. The van der Waals surface area contributed by atoms with Gasteiger partial charge in [0.15, 0.2) is 0 Å². The monoisotopic (exact) mass is 411 g/mol. The van der Waals surface area contributed by atoms with Crippen molar-refractivity contribution in [1.29, 1.82) is 0 Å². The van der Waals surface area contributed by atoms with Gasteiger partial charge in [0.25, 0.3) is 11.1 Å². The number of aryl methyl sites for hydroxylation is 2. The van der Waals surface area contributed by atoms with Gasteiger partial charge in [-0.15, -0.1) is 0 Å². The van der Waals surface area contributed by atoms with Gasteiger partial charge in [-0.1, -0.05) is 29.8 Å². The molecule has 29 heavy (non-hydrogen) atoms. The van der Waals surface area contributed by atoms with Gasteiger partial charge in [-0.3, -0.25) is 24.5 Å². The first kappa shape index (κ1) is 20.8. The normalized spacial score (nSPS) is 15.8. The number of amides is 2. The van der Waals surface area contributed by atoms with E-state index in [0.29, 0.717) is 21.7 Å². The molecule has 0 radical (unpaired) electrons. The summed E-state index contributed by atoms with van der Waals surface area (Å²) in [5.41, 5.74) is 3.24. The Labute approximate surface area is 172 Å². The number of pyridine rings is 1. The number of aliphatic hydroxyl groups is 1. The van der Waals surface area contributed by atoms with Gasteiger partial charge < -0.3 is 10.2 Å². The van der Waals surface area contributed by atoms with E-state index in [-0.39, 0.29) is 36.6 Å². The number of aliphatic imine (C=N–C) groups is 1. The van der Waals surface area contributed by atoms with Crippen molar-refractivity contribution < 1.29 is 19.8 Å². The molecule has 1 aliphatic heterocycles. The summed E-state index contributed by atoms with van der Waals surface area (Å²) in [5.74, 6) is -0.387. The number of carbonyl (C=O) groups excluding carboxylic acids is 2. The number of imide groups is 1. The zero-order valence-electron chi connectivity index (χ0n) is 16.1. The van der Waals surface area contributed by atoms with Gasteiger partial charge in [0.05, 0.1) is 23.8 Å². The van der Waals surface area contributed by atoms with Crippen LogP contribution in [0.25, 0.3) is 6.08 Å². The summed E-state index contributed by atoms with van der Waals surface area (Å²) in [5, 5.41) is 19.1. The van der Waals surface area contributed by atoms with Gasteiger partial charge in [0.2, 0.25) is 0 Å². The molecule has 0 aliphatic carbocycles. The molecule has 8 heteroatoms. The fraction of sp³-hybridized carbons (Fsp3) is 0.238. The van der Waals surface area contributed by atoms with Crippen LogP contribution in [0.3, 0.4) is 0 Å². The smallest absolute Gasteiger partial charge is 0.293 e. The third kappa shape index (κ3) is 4.72. The minimum absolute atomic E-state index is 0.0486. The fourth-order valence-electron chi connectivity index (χ4n) is 2.74. The lowest BCUT2D eigenvalue weighted by molar-refractivity contribution is -0.122. The first-order chi connectivity index (χ1) is 13.9. The maximum absolute atomic E-state index is 12.5. The van der Waals surface area contributed by atoms with E-state index in [1.165, 1.54) is 12.4 Å². The third-order valence-corrected chi connectivity index (χ3v) is 5.36. The van der Waals surface area contributed by atoms with Gasteiger partial charge in [0, 0.05) is 30.1 Å². The fourth-order valence-corrected chi connectivity index (χ4v) is 3.61. The molecular formula is C21H21N3O4S. The Kier molecular flexibility index (Phi) is 6.46. The van der Waals surface area contributed by atoms with E-state index in [2.05, 4.69) is 9.98 Å². The number of aromatic hydroxyl groups is 1. The molecule has 0 saturated carbocycles. The first-order valence-electron chi connectivity index (χ1n) is 9.01. The van der Waals surface area contributed by atoms with E-state index in [4.69, 9.17) is 0 Å². The van der Waals surface area contributed by atoms with Crippen LogP contribution in [0.2, 0.25) is 0 Å². The number of hydrogen-bond acceptors (Lipinski definition) is 7. The summed E-state index contributed by atoms with van der Waals surface area (Å²) >= 11 is 0.911. The van der Waals surface area contributed by atoms with Crippen molar-refractivity contribution in [2.45, 2.75) is 20.5 Å². The topological polar surface area (TPSA) is 103 Å². The predicted octanol–water partition coefficient (Wildman–Crippen LogP) is 3.05. The van der Waals surface area contributed by atoms with Crippen molar-refractivity contribution in [2.75, 3.05) is 13.1 Å². The molecule has 1 fully saturated rings. The summed E-state index contributed by atoms with van der Waals surface area (Å²) in [6.45, 7) is 3.66. The summed E-state index contributed by atoms with van der Waals surface area (Å²) in [7, 11) is 0. The average molecular weight is 411 g/mol. The number of aliphatic hydroxyl groups excluding tert-OH is 1. The molecule has 0 atom stereocenters. The summed E-state index contributed by atoms with van der Waals surface area (Å²) in [6.07, 6.45) is 4.61. The highest BCUT2D eigenvalue weighted by Gasteiger charge is 2.34. The first-order valence-corrected chi connectivity index (χ1v) is 9.82. The van der Waals surface area contributed by atoms with E-state index < -0.39 is 0 Å². The van der Waals surface area contributed by atoms with E-state index in [0.717, 1.165) is 27.8 Å². The molecule has 150 valence electrons. The van der Waals surface area contributed by atoms with Crippen LogP contribution in [0.5, 0.6) is 5.75 Å². The number of nitrogens with zero attached hydrogens (tertiary/aromatic N) is 3. The number of hydrogen-bond donors (Lipinski definition) is 2. The number of rotatable bonds is 6. The molecule has 1 aromatic carbocycles. The summed E-state index contributed by atoms with van der Waals surface area (Å²) < 4.78 is 0. The van der Waals surface area contributed by atoms with Crippen molar-refractivity contribution in [3.05, 3.63) is 63.3 Å². The Bertz CT molecular complexity index is 1000. The maximum atomic E-state index is 12.5. The van der Waals surface area contributed by atoms with Crippen molar-refractivity contribution in [3.63, 3.8) is 0 Å². The Hall–Kier alpha value is -2.97. The molecule has 3 rings (SSSR count). The van der Waals surface area contributed by atoms with E-state index in [1.54, 1.807) is 13.0 Å². The highest BCUT2D eigenvalue weighted by molar-refractivity contribution is 8.18. The molecule has 7 nitrogen and oxygen atoms in total. The number of aromatic nitrogens is 1. The molecule has 1 aromatic heterocycles. The lowest BCUT2D eigenvalue weighted by Crippen LogP contribution is -2.30. The largest absolute Gasteiger partial charge is 0.505 e. The van der Waals surface area contributed by atoms with Crippen LogP contribution in [-0.4, -0.2) is 50.5 Å². The maximum Gasteiger partial charge on any atom is 0.293 e. The predicted molar refractivity (Wildman–Crippen MR) is 113 cm³/mol. The van der Waals surface area contributed by atoms with Crippen LogP contribution < -0.4 is 0 Å². The van der Waals surface area contributed by atoms with Gasteiger partial charge in [-0.2, -0.15) is 0 Å². The lowest BCUT2D eigenvalue weighted by Gasteiger charge is -2.10. The molecular weight excluding hydrogens is 390 g/mol. The molecule has 2 amide bonds. The highest BCUT2D eigenvalue weighted by Crippen LogP contribution is 2.32. The molecule has 1 saturated heterocycles. The average Bonchev–Trinajstić information content (AvgIpc) is 2.97. The zero-order valence-corrected chi connectivity index (χ0v) is 16.9. The van der Waals surface area contributed by atoms with E-state index in [9.17, 15) is 19.8 Å². The van der Waals surface area contributed by atoms with E-state index in [1.807, 2.05) is 31.2 Å². The van der Waals surface area contributed by atoms with Crippen LogP contribution in [0.4, 0.5) is 4.79 Å². The van der Waals surface area contributed by atoms with Crippen LogP contribution in [0.1, 0.15) is 27.9 Å². The standard InChI is InChI=1S/C21H21N3O4S/c1-13-3-5-15(6-4-13)9-18-20(27)24(21(28)29-18)8-7-22-11-17-16(12-25)10-23-14(2)19(17)26/h3-6,9-11,25-26H,7-8,12H2,1-2H3/b18-9-,22-11?. The molecule has 2 N–H and O–H groups in total. The van der Waals surface area contributed by atoms with Gasteiger partial charge >= 0.3 is 0 Å². The lowest BCUT2D eigenvalue weighted by atomic mass is 10.1. The van der Waals surface area contributed by atoms with E-state index >= 15 is 0 Å².